The van der Waals surface area contributed by atoms with Crippen LogP contribution in [-0.4, -0.2) is 9.97 Å². The number of halogens is 3. The number of rotatable bonds is 3. The van der Waals surface area contributed by atoms with E-state index in [4.69, 9.17) is 10.2 Å². The molecule has 0 spiro atoms. The first-order valence-corrected chi connectivity index (χ1v) is 9.37. The van der Waals surface area contributed by atoms with E-state index in [9.17, 15) is 13.2 Å². The highest BCUT2D eigenvalue weighted by molar-refractivity contribution is 6.06. The summed E-state index contributed by atoms with van der Waals surface area (Å²) in [5, 5.41) is 3.83. The lowest BCUT2D eigenvalue weighted by atomic mass is 9.99. The molecule has 5 nitrogen and oxygen atoms in total. The molecule has 154 valence electrons. The Morgan fingerprint density at radius 1 is 0.903 bits per heavy atom. The van der Waals surface area contributed by atoms with Crippen molar-refractivity contribution in [2.45, 2.75) is 6.18 Å². The molecule has 0 aliphatic heterocycles. The normalized spacial score (nSPS) is 11.8. The van der Waals surface area contributed by atoms with Crippen LogP contribution in [0.4, 0.5) is 30.6 Å². The van der Waals surface area contributed by atoms with Gasteiger partial charge < -0.3 is 15.5 Å². The molecule has 0 saturated carbocycles. The number of pyridine rings is 1. The number of nitrogens with zero attached hydrogens (tertiary/aromatic N) is 2. The van der Waals surface area contributed by atoms with Crippen LogP contribution in [-0.2, 0) is 6.18 Å². The Bertz CT molecular complexity index is 1400. The molecule has 0 atom stereocenters. The Morgan fingerprint density at radius 3 is 2.45 bits per heavy atom. The number of oxazole rings is 1. The Balaban J connectivity index is 1.58. The average molecular weight is 420 g/mol. The molecule has 0 bridgehead atoms. The second-order valence-corrected chi connectivity index (χ2v) is 6.97. The highest BCUT2D eigenvalue weighted by Crippen LogP contribution is 2.38. The largest absolute Gasteiger partial charge is 0.423 e. The molecule has 0 saturated heterocycles. The van der Waals surface area contributed by atoms with Crippen molar-refractivity contribution >= 4 is 39.4 Å². The maximum absolute atomic E-state index is 12.8. The van der Waals surface area contributed by atoms with Gasteiger partial charge >= 0.3 is 6.18 Å². The van der Waals surface area contributed by atoms with Crippen molar-refractivity contribution in [3.63, 3.8) is 0 Å². The molecular formula is C23H15F3N4O. The SMILES string of the molecule is Nc1ccc2oc(Nc3ccc(C(F)(F)F)cc3)nc2c1-c1ccnc2ccccc12. The lowest BCUT2D eigenvalue weighted by Gasteiger charge is -2.09. The number of hydrogen-bond acceptors (Lipinski definition) is 5. The fourth-order valence-corrected chi connectivity index (χ4v) is 3.53. The molecule has 2 heterocycles. The molecular weight excluding hydrogens is 405 g/mol. The van der Waals surface area contributed by atoms with Crippen molar-refractivity contribution in [3.05, 3.63) is 78.5 Å². The maximum Gasteiger partial charge on any atom is 0.416 e. The number of nitrogens with one attached hydrogen (secondary N) is 1. The van der Waals surface area contributed by atoms with Gasteiger partial charge in [0.05, 0.1) is 11.1 Å². The third-order valence-corrected chi connectivity index (χ3v) is 4.97. The highest BCUT2D eigenvalue weighted by Gasteiger charge is 2.30. The second kappa shape index (κ2) is 7.02. The fraction of sp³-hybridized carbons (Fsp3) is 0.0435. The monoisotopic (exact) mass is 420 g/mol. The summed E-state index contributed by atoms with van der Waals surface area (Å²) in [4.78, 5) is 8.91. The minimum atomic E-state index is -4.39. The highest BCUT2D eigenvalue weighted by atomic mass is 19.4. The Labute approximate surface area is 174 Å². The molecule has 0 fully saturated rings. The number of alkyl halides is 3. The summed E-state index contributed by atoms with van der Waals surface area (Å²) in [5.74, 6) is 0. The zero-order chi connectivity index (χ0) is 21.6. The van der Waals surface area contributed by atoms with Gasteiger partial charge in [0, 0.05) is 28.5 Å². The van der Waals surface area contributed by atoms with Gasteiger partial charge in [-0.25, -0.2) is 0 Å². The summed E-state index contributed by atoms with van der Waals surface area (Å²) < 4.78 is 44.1. The molecule has 0 unspecified atom stereocenters. The minimum absolute atomic E-state index is 0.153. The zero-order valence-electron chi connectivity index (χ0n) is 15.9. The number of aromatic nitrogens is 2. The third-order valence-electron chi connectivity index (χ3n) is 4.97. The van der Waals surface area contributed by atoms with Crippen LogP contribution in [0.1, 0.15) is 5.56 Å². The van der Waals surface area contributed by atoms with Crippen molar-refractivity contribution in [2.24, 2.45) is 0 Å². The van der Waals surface area contributed by atoms with Crippen LogP contribution < -0.4 is 11.1 Å². The third kappa shape index (κ3) is 3.42. The van der Waals surface area contributed by atoms with Crippen molar-refractivity contribution in [1.29, 1.82) is 0 Å². The van der Waals surface area contributed by atoms with Crippen LogP contribution in [0.15, 0.2) is 77.3 Å². The zero-order valence-corrected chi connectivity index (χ0v) is 15.9. The topological polar surface area (TPSA) is 77.0 Å². The van der Waals surface area contributed by atoms with Gasteiger partial charge in [-0.2, -0.15) is 18.2 Å². The molecule has 3 aromatic carbocycles. The van der Waals surface area contributed by atoms with E-state index in [-0.39, 0.29) is 6.01 Å². The van der Waals surface area contributed by atoms with E-state index in [2.05, 4.69) is 15.3 Å². The predicted octanol–water partition coefficient (Wildman–Crippen LogP) is 6.39. The van der Waals surface area contributed by atoms with Crippen molar-refractivity contribution in [2.75, 3.05) is 11.1 Å². The number of hydrogen-bond donors (Lipinski definition) is 2. The van der Waals surface area contributed by atoms with E-state index < -0.39 is 11.7 Å². The van der Waals surface area contributed by atoms with E-state index in [0.717, 1.165) is 28.6 Å². The number of anilines is 3. The van der Waals surface area contributed by atoms with E-state index in [1.54, 1.807) is 18.3 Å². The van der Waals surface area contributed by atoms with Gasteiger partial charge in [-0.05, 0) is 54.1 Å². The molecule has 0 amide bonds. The Kier molecular flexibility index (Phi) is 4.28. The molecule has 5 aromatic rings. The van der Waals surface area contributed by atoms with Crippen molar-refractivity contribution < 1.29 is 17.6 Å². The van der Waals surface area contributed by atoms with Crippen molar-refractivity contribution in [3.8, 4) is 11.1 Å². The Morgan fingerprint density at radius 2 is 1.68 bits per heavy atom. The molecule has 2 aromatic heterocycles. The van der Waals surface area contributed by atoms with Gasteiger partial charge in [-0.3, -0.25) is 4.98 Å². The number of para-hydroxylation sites is 1. The van der Waals surface area contributed by atoms with E-state index in [1.807, 2.05) is 30.3 Å². The smallest absolute Gasteiger partial charge is 0.416 e. The number of nitrogens with two attached hydrogens (primary N) is 1. The summed E-state index contributed by atoms with van der Waals surface area (Å²) in [7, 11) is 0. The fourth-order valence-electron chi connectivity index (χ4n) is 3.53. The minimum Gasteiger partial charge on any atom is -0.423 e. The molecule has 8 heteroatoms. The summed E-state index contributed by atoms with van der Waals surface area (Å²) in [5.41, 5.74) is 9.96. The first-order chi connectivity index (χ1) is 14.9. The van der Waals surface area contributed by atoms with Crippen LogP contribution in [0.3, 0.4) is 0 Å². The molecule has 5 rings (SSSR count). The molecule has 31 heavy (non-hydrogen) atoms. The lowest BCUT2D eigenvalue weighted by Crippen LogP contribution is -2.04. The number of nitrogen functional groups attached to an aromatic ring is 1. The van der Waals surface area contributed by atoms with E-state index >= 15 is 0 Å². The van der Waals surface area contributed by atoms with Crippen LogP contribution in [0.2, 0.25) is 0 Å². The molecule has 0 aliphatic rings. The first kappa shape index (κ1) is 18.9. The van der Waals surface area contributed by atoms with Crippen LogP contribution in [0, 0.1) is 0 Å². The van der Waals surface area contributed by atoms with E-state index in [1.165, 1.54) is 12.1 Å². The standard InChI is InChI=1S/C23H15F3N4O/c24-23(25,26)13-5-7-14(8-6-13)29-22-30-21-19(31-22)10-9-17(27)20(21)16-11-12-28-18-4-2-1-3-15(16)18/h1-12H,27H2,(H,29,30). The molecule has 0 aliphatic carbocycles. The lowest BCUT2D eigenvalue weighted by molar-refractivity contribution is -0.137. The van der Waals surface area contributed by atoms with Gasteiger partial charge in [-0.1, -0.05) is 18.2 Å². The van der Waals surface area contributed by atoms with Gasteiger partial charge in [0.25, 0.3) is 6.01 Å². The first-order valence-electron chi connectivity index (χ1n) is 9.37. The summed E-state index contributed by atoms with van der Waals surface area (Å²) in [6, 6.07) is 17.8. The van der Waals surface area contributed by atoms with E-state index in [0.29, 0.717) is 28.0 Å². The van der Waals surface area contributed by atoms with Gasteiger partial charge in [0.15, 0.2) is 5.58 Å². The average Bonchev–Trinajstić information content (AvgIpc) is 3.15. The van der Waals surface area contributed by atoms with Crippen LogP contribution >= 0.6 is 0 Å². The van der Waals surface area contributed by atoms with Gasteiger partial charge in [0.2, 0.25) is 0 Å². The second-order valence-electron chi connectivity index (χ2n) is 6.97. The summed E-state index contributed by atoms with van der Waals surface area (Å²) in [6.45, 7) is 0. The molecule has 0 radical (unpaired) electrons. The predicted molar refractivity (Wildman–Crippen MR) is 114 cm³/mol. The van der Waals surface area contributed by atoms with Crippen molar-refractivity contribution in [1.82, 2.24) is 9.97 Å². The number of benzene rings is 3. The summed E-state index contributed by atoms with van der Waals surface area (Å²) in [6.07, 6.45) is -2.69. The van der Waals surface area contributed by atoms with Crippen LogP contribution in [0.25, 0.3) is 33.1 Å². The maximum atomic E-state index is 12.8. The quantitative estimate of drug-likeness (QED) is 0.331. The van der Waals surface area contributed by atoms with Gasteiger partial charge in [0.1, 0.15) is 5.52 Å². The molecule has 3 N–H and O–H groups in total. The number of fused-ring (bicyclic) bond motifs is 2. The summed E-state index contributed by atoms with van der Waals surface area (Å²) >= 11 is 0. The van der Waals surface area contributed by atoms with Crippen LogP contribution in [0.5, 0.6) is 0 Å². The Hall–Kier alpha value is -4.07. The van der Waals surface area contributed by atoms with Gasteiger partial charge in [-0.15, -0.1) is 0 Å².